The van der Waals surface area contributed by atoms with Crippen molar-refractivity contribution in [2.75, 3.05) is 0 Å². The summed E-state index contributed by atoms with van der Waals surface area (Å²) in [7, 11) is 0. The Balaban J connectivity index is 2.42. The molecular formula is C14H14N2. The van der Waals surface area contributed by atoms with Crippen LogP contribution in [-0.4, -0.2) is 5.71 Å². The molecule has 0 saturated heterocycles. The fraction of sp³-hybridized carbons (Fsp3) is 0.0714. The zero-order chi connectivity index (χ0) is 11.4. The Morgan fingerprint density at radius 3 is 2.00 bits per heavy atom. The molecule has 0 aromatic heterocycles. The normalized spacial score (nSPS) is 11.4. The fourth-order valence-electron chi connectivity index (χ4n) is 1.62. The van der Waals surface area contributed by atoms with Gasteiger partial charge in [0, 0.05) is 11.1 Å². The van der Waals surface area contributed by atoms with E-state index < -0.39 is 0 Å². The Labute approximate surface area is 95.4 Å². The monoisotopic (exact) mass is 210 g/mol. The van der Waals surface area contributed by atoms with Crippen LogP contribution < -0.4 is 5.84 Å². The lowest BCUT2D eigenvalue weighted by molar-refractivity contribution is 1.24. The van der Waals surface area contributed by atoms with Gasteiger partial charge in [0.1, 0.15) is 0 Å². The van der Waals surface area contributed by atoms with E-state index in [1.54, 1.807) is 0 Å². The lowest BCUT2D eigenvalue weighted by Crippen LogP contribution is -2.06. The van der Waals surface area contributed by atoms with Crippen LogP contribution >= 0.6 is 0 Å². The van der Waals surface area contributed by atoms with Crippen molar-refractivity contribution < 1.29 is 0 Å². The topological polar surface area (TPSA) is 38.4 Å². The SMILES string of the molecule is Cc1ccc(C(=NN)c2ccccc2)cc1. The van der Waals surface area contributed by atoms with Crippen molar-refractivity contribution in [3.05, 3.63) is 71.3 Å². The van der Waals surface area contributed by atoms with Gasteiger partial charge in [0.05, 0.1) is 5.71 Å². The molecule has 2 nitrogen and oxygen atoms in total. The summed E-state index contributed by atoms with van der Waals surface area (Å²) in [5.41, 5.74) is 4.13. The maximum absolute atomic E-state index is 5.46. The number of benzene rings is 2. The van der Waals surface area contributed by atoms with Gasteiger partial charge in [-0.15, -0.1) is 0 Å². The van der Waals surface area contributed by atoms with Crippen molar-refractivity contribution in [2.45, 2.75) is 6.92 Å². The Kier molecular flexibility index (Phi) is 3.01. The molecule has 0 aliphatic carbocycles. The van der Waals surface area contributed by atoms with Crippen LogP contribution in [0.5, 0.6) is 0 Å². The van der Waals surface area contributed by atoms with Gasteiger partial charge >= 0.3 is 0 Å². The number of hydrogen-bond acceptors (Lipinski definition) is 2. The van der Waals surface area contributed by atoms with Crippen LogP contribution in [-0.2, 0) is 0 Å². The highest BCUT2D eigenvalue weighted by atomic mass is 15.1. The third-order valence-corrected chi connectivity index (χ3v) is 2.50. The van der Waals surface area contributed by atoms with Crippen LogP contribution in [0.25, 0.3) is 0 Å². The van der Waals surface area contributed by atoms with Crippen LogP contribution in [0, 0.1) is 6.92 Å². The highest BCUT2D eigenvalue weighted by Crippen LogP contribution is 2.11. The first-order chi connectivity index (χ1) is 7.81. The summed E-state index contributed by atoms with van der Waals surface area (Å²) in [6.07, 6.45) is 0. The first-order valence-electron chi connectivity index (χ1n) is 5.21. The maximum Gasteiger partial charge on any atom is 0.0971 e. The number of hydrazone groups is 1. The lowest BCUT2D eigenvalue weighted by atomic mass is 10.0. The van der Waals surface area contributed by atoms with E-state index in [-0.39, 0.29) is 0 Å². The summed E-state index contributed by atoms with van der Waals surface area (Å²) < 4.78 is 0. The average molecular weight is 210 g/mol. The number of nitrogens with zero attached hydrogens (tertiary/aromatic N) is 1. The smallest absolute Gasteiger partial charge is 0.0971 e. The Morgan fingerprint density at radius 2 is 1.44 bits per heavy atom. The largest absolute Gasteiger partial charge is 0.323 e. The van der Waals surface area contributed by atoms with Gasteiger partial charge < -0.3 is 5.84 Å². The Bertz CT molecular complexity index is 484. The van der Waals surface area contributed by atoms with Gasteiger partial charge in [0.25, 0.3) is 0 Å². The predicted molar refractivity (Wildman–Crippen MR) is 67.4 cm³/mol. The van der Waals surface area contributed by atoms with Gasteiger partial charge in [-0.2, -0.15) is 5.10 Å². The van der Waals surface area contributed by atoms with E-state index in [0.717, 1.165) is 16.8 Å². The molecule has 16 heavy (non-hydrogen) atoms. The van der Waals surface area contributed by atoms with Crippen molar-refractivity contribution in [3.63, 3.8) is 0 Å². The van der Waals surface area contributed by atoms with Crippen molar-refractivity contribution in [3.8, 4) is 0 Å². The van der Waals surface area contributed by atoms with E-state index >= 15 is 0 Å². The van der Waals surface area contributed by atoms with Crippen molar-refractivity contribution in [1.29, 1.82) is 0 Å². The van der Waals surface area contributed by atoms with Crippen molar-refractivity contribution >= 4 is 5.71 Å². The lowest BCUT2D eigenvalue weighted by Gasteiger charge is -2.05. The molecule has 0 radical (unpaired) electrons. The zero-order valence-electron chi connectivity index (χ0n) is 9.22. The van der Waals surface area contributed by atoms with Gasteiger partial charge in [-0.3, -0.25) is 0 Å². The first kappa shape index (κ1) is 10.4. The maximum atomic E-state index is 5.46. The summed E-state index contributed by atoms with van der Waals surface area (Å²) in [6, 6.07) is 18.1. The van der Waals surface area contributed by atoms with E-state index in [1.807, 2.05) is 42.5 Å². The van der Waals surface area contributed by atoms with E-state index in [4.69, 9.17) is 5.84 Å². The molecule has 0 fully saturated rings. The molecule has 2 heteroatoms. The molecule has 0 saturated carbocycles. The second-order valence-electron chi connectivity index (χ2n) is 3.71. The highest BCUT2D eigenvalue weighted by molar-refractivity contribution is 6.12. The van der Waals surface area contributed by atoms with Gasteiger partial charge in [0.2, 0.25) is 0 Å². The summed E-state index contributed by atoms with van der Waals surface area (Å²) in [4.78, 5) is 0. The third-order valence-electron chi connectivity index (χ3n) is 2.50. The van der Waals surface area contributed by atoms with E-state index in [2.05, 4.69) is 24.2 Å². The molecule has 2 rings (SSSR count). The molecule has 80 valence electrons. The predicted octanol–water partition coefficient (Wildman–Crippen LogP) is 2.71. The average Bonchev–Trinajstić information content (AvgIpc) is 2.34. The quantitative estimate of drug-likeness (QED) is 0.462. The Morgan fingerprint density at radius 1 is 0.875 bits per heavy atom. The number of aryl methyl sites for hydroxylation is 1. The van der Waals surface area contributed by atoms with Crippen molar-refractivity contribution in [2.24, 2.45) is 10.9 Å². The summed E-state index contributed by atoms with van der Waals surface area (Å²) in [6.45, 7) is 2.06. The van der Waals surface area contributed by atoms with E-state index in [1.165, 1.54) is 5.56 Å². The molecule has 0 spiro atoms. The molecule has 2 N–H and O–H groups in total. The van der Waals surface area contributed by atoms with Gasteiger partial charge in [-0.25, -0.2) is 0 Å². The minimum atomic E-state index is 0.820. The molecule has 2 aromatic carbocycles. The first-order valence-corrected chi connectivity index (χ1v) is 5.21. The highest BCUT2D eigenvalue weighted by Gasteiger charge is 2.05. The number of rotatable bonds is 2. The molecule has 0 aliphatic rings. The fourth-order valence-corrected chi connectivity index (χ4v) is 1.62. The molecule has 0 amide bonds. The van der Waals surface area contributed by atoms with Crippen LogP contribution in [0.3, 0.4) is 0 Å². The second-order valence-corrected chi connectivity index (χ2v) is 3.71. The number of hydrogen-bond donors (Lipinski definition) is 1. The van der Waals surface area contributed by atoms with Crippen LogP contribution in [0.15, 0.2) is 59.7 Å². The van der Waals surface area contributed by atoms with E-state index in [9.17, 15) is 0 Å². The van der Waals surface area contributed by atoms with E-state index in [0.29, 0.717) is 0 Å². The summed E-state index contributed by atoms with van der Waals surface area (Å²) in [5.74, 6) is 5.46. The minimum Gasteiger partial charge on any atom is -0.323 e. The summed E-state index contributed by atoms with van der Waals surface area (Å²) in [5, 5.41) is 3.87. The third kappa shape index (κ3) is 2.11. The van der Waals surface area contributed by atoms with Gasteiger partial charge in [-0.05, 0) is 6.92 Å². The Hall–Kier alpha value is -2.09. The molecule has 0 atom stereocenters. The molecule has 0 aliphatic heterocycles. The standard InChI is InChI=1S/C14H14N2/c1-11-7-9-13(10-8-11)14(16-15)12-5-3-2-4-6-12/h2-10H,15H2,1H3. The van der Waals surface area contributed by atoms with Crippen LogP contribution in [0.2, 0.25) is 0 Å². The van der Waals surface area contributed by atoms with Crippen LogP contribution in [0.4, 0.5) is 0 Å². The second kappa shape index (κ2) is 4.62. The van der Waals surface area contributed by atoms with Crippen LogP contribution in [0.1, 0.15) is 16.7 Å². The van der Waals surface area contributed by atoms with Gasteiger partial charge in [0.15, 0.2) is 0 Å². The number of nitrogens with two attached hydrogens (primary N) is 1. The molecular weight excluding hydrogens is 196 g/mol. The minimum absolute atomic E-state index is 0.820. The van der Waals surface area contributed by atoms with Crippen molar-refractivity contribution in [1.82, 2.24) is 0 Å². The summed E-state index contributed by atoms with van der Waals surface area (Å²) >= 11 is 0. The molecule has 2 aromatic rings. The molecule has 0 heterocycles. The molecule has 0 bridgehead atoms. The molecule has 0 unspecified atom stereocenters. The zero-order valence-corrected chi connectivity index (χ0v) is 9.22. The van der Waals surface area contributed by atoms with Gasteiger partial charge in [-0.1, -0.05) is 60.2 Å².